The molecule has 0 aliphatic heterocycles. The predicted molar refractivity (Wildman–Crippen MR) is 2.75 cm³/mol. The first-order valence-electron chi connectivity index (χ1n) is 0. The van der Waals surface area contributed by atoms with E-state index in [1.165, 1.54) is 0 Å². The van der Waals surface area contributed by atoms with E-state index in [9.17, 15) is 0 Å². The summed E-state index contributed by atoms with van der Waals surface area (Å²) < 4.78 is 0. The van der Waals surface area contributed by atoms with Gasteiger partial charge in [-0.05, 0) is 0 Å². The molecule has 0 heterocycles. The summed E-state index contributed by atoms with van der Waals surface area (Å²) in [6.07, 6.45) is 0. The van der Waals surface area contributed by atoms with Crippen molar-refractivity contribution in [3.63, 3.8) is 0 Å². The molecule has 0 saturated carbocycles. The molecule has 0 aromatic carbocycles. The second kappa shape index (κ2) is 157. The number of rotatable bonds is 0. The zero-order valence-corrected chi connectivity index (χ0v) is 6.08. The van der Waals surface area contributed by atoms with E-state index in [0.29, 0.717) is 0 Å². The summed E-state index contributed by atoms with van der Waals surface area (Å²) in [6.45, 7) is 0. The Morgan fingerprint density at radius 3 is 0.571 bits per heavy atom. The topological polar surface area (TPSA) is 114 Å². The van der Waals surface area contributed by atoms with E-state index in [0.717, 1.165) is 0 Å². The van der Waals surface area contributed by atoms with Crippen LogP contribution in [0.15, 0.2) is 0 Å². The first-order chi connectivity index (χ1) is 0. The molecule has 0 atom stereocenters. The molecule has 0 amide bonds. The van der Waals surface area contributed by atoms with E-state index in [1.807, 2.05) is 0 Å². The Bertz CT molecular complexity index is 11.7. The minimum atomic E-state index is 0. The van der Waals surface area contributed by atoms with Gasteiger partial charge in [-0.3, -0.25) is 0 Å². The van der Waals surface area contributed by atoms with Gasteiger partial charge in [-0.25, -0.2) is 0 Å². The average molecular weight is 231 g/mol. The summed E-state index contributed by atoms with van der Waals surface area (Å²) in [5, 5.41) is 0. The predicted octanol–water partition coefficient (Wildman–Crippen LogP) is -0.483. The maximum absolute atomic E-state index is 0. The van der Waals surface area contributed by atoms with E-state index in [4.69, 9.17) is 0 Å². The molecule has 4 nitrogen and oxygen atoms in total. The van der Waals surface area contributed by atoms with E-state index in [2.05, 4.69) is 0 Å². The molecule has 2 radical (unpaired) electrons. The summed E-state index contributed by atoms with van der Waals surface area (Å²) >= 11 is 0. The monoisotopic (exact) mass is 230 g/mol. The molecule has 0 aromatic heterocycles. The maximum atomic E-state index is 0. The van der Waals surface area contributed by atoms with Crippen LogP contribution in [0.3, 0.4) is 0 Å². The van der Waals surface area contributed by atoms with Crippen LogP contribution in [-0.2, 0) is 72.8 Å². The maximum Gasteiger partial charge on any atom is 3.00 e. The van der Waals surface area contributed by atoms with Crippen LogP contribution >= 0.6 is 0 Å². The molecule has 0 aliphatic carbocycles. The zero-order chi connectivity index (χ0) is 0. The Balaban J connectivity index is 0. The molecule has 0 spiro atoms. The van der Waals surface area contributed by atoms with Crippen LogP contribution in [0, 0.1) is 0 Å². The van der Waals surface area contributed by atoms with Crippen LogP contribution in [0.25, 0.3) is 0 Å². The molecular formula is CrFeNiO4. The average Bonchev–Trinajstić information content (AvgIpc) is 0. The van der Waals surface area contributed by atoms with Crippen molar-refractivity contribution in [2.24, 2.45) is 0 Å². The van der Waals surface area contributed by atoms with Gasteiger partial charge >= 0.3 is 50.9 Å². The van der Waals surface area contributed by atoms with E-state index < -0.39 is 0 Å². The Hall–Kier alpha value is 1.39. The standard InChI is InChI=1S/Cr.Fe.Ni.4O/q2*+3;+2;4*-2. The summed E-state index contributed by atoms with van der Waals surface area (Å²) in [4.78, 5) is 0. The van der Waals surface area contributed by atoms with Gasteiger partial charge in [-0.1, -0.05) is 0 Å². The van der Waals surface area contributed by atoms with Crippen LogP contribution in [0.5, 0.6) is 0 Å². The molecule has 48 valence electrons. The normalized spacial score (nSPS) is 0. The van der Waals surface area contributed by atoms with Crippen molar-refractivity contribution in [1.82, 2.24) is 0 Å². The summed E-state index contributed by atoms with van der Waals surface area (Å²) in [6, 6.07) is 0. The van der Waals surface area contributed by atoms with Gasteiger partial charge in [0, 0.05) is 0 Å². The molecule has 7 heavy (non-hydrogen) atoms. The summed E-state index contributed by atoms with van der Waals surface area (Å²) in [5.41, 5.74) is 0. The minimum absolute atomic E-state index is 0. The number of hydrogen-bond acceptors (Lipinski definition) is 0. The molecule has 0 N–H and O–H groups in total. The smallest absolute Gasteiger partial charge is 2.00 e. The van der Waals surface area contributed by atoms with Gasteiger partial charge in [-0.15, -0.1) is 0 Å². The van der Waals surface area contributed by atoms with Crippen molar-refractivity contribution >= 4 is 0 Å². The SMILES string of the molecule is [Cr+3].[Fe+3].[Ni+2].[O-2].[O-2].[O-2].[O-2]. The first kappa shape index (κ1) is 238. The Kier molecular flexibility index (Phi) is 5340. The third-order valence-corrected chi connectivity index (χ3v) is 0. The van der Waals surface area contributed by atoms with Crippen molar-refractivity contribution in [1.29, 1.82) is 0 Å². The van der Waals surface area contributed by atoms with Gasteiger partial charge in [0.05, 0.1) is 0 Å². The first-order valence-corrected chi connectivity index (χ1v) is 0. The molecule has 0 saturated heterocycles. The van der Waals surface area contributed by atoms with Crippen molar-refractivity contribution < 1.29 is 72.8 Å². The Labute approximate surface area is 72.8 Å². The van der Waals surface area contributed by atoms with Gasteiger partial charge < -0.3 is 21.9 Å². The summed E-state index contributed by atoms with van der Waals surface area (Å²) in [7, 11) is 0. The molecular weight excluding hydrogens is 231 g/mol. The molecule has 0 rings (SSSR count). The van der Waals surface area contributed by atoms with Crippen LogP contribution in [0.2, 0.25) is 0 Å². The molecule has 0 unspecified atom stereocenters. The molecule has 7 heteroatoms. The van der Waals surface area contributed by atoms with Crippen molar-refractivity contribution in [3.05, 3.63) is 0 Å². The largest absolute Gasteiger partial charge is 3.00 e. The van der Waals surface area contributed by atoms with Crippen LogP contribution in [0.4, 0.5) is 0 Å². The Morgan fingerprint density at radius 2 is 0.571 bits per heavy atom. The molecule has 0 aromatic rings. The second-order valence-electron chi connectivity index (χ2n) is 0. The second-order valence-corrected chi connectivity index (χ2v) is 0. The van der Waals surface area contributed by atoms with Gasteiger partial charge in [0.1, 0.15) is 0 Å². The van der Waals surface area contributed by atoms with Gasteiger partial charge in [0.25, 0.3) is 0 Å². The molecule has 0 aliphatic rings. The van der Waals surface area contributed by atoms with Crippen LogP contribution < -0.4 is 0 Å². The van der Waals surface area contributed by atoms with Gasteiger partial charge in [0.2, 0.25) is 0 Å². The van der Waals surface area contributed by atoms with Gasteiger partial charge in [-0.2, -0.15) is 0 Å². The van der Waals surface area contributed by atoms with Crippen molar-refractivity contribution in [2.75, 3.05) is 0 Å². The fourth-order valence-corrected chi connectivity index (χ4v) is 0. The fourth-order valence-electron chi connectivity index (χ4n) is 0. The quantitative estimate of drug-likeness (QED) is 0.500. The van der Waals surface area contributed by atoms with E-state index in [1.54, 1.807) is 0 Å². The van der Waals surface area contributed by atoms with Crippen molar-refractivity contribution in [2.45, 2.75) is 0 Å². The van der Waals surface area contributed by atoms with E-state index in [-0.39, 0.29) is 72.8 Å². The third kappa shape index (κ3) is 112. The fraction of sp³-hybridized carbons (Fsp3) is 0. The number of hydrogen-bond donors (Lipinski definition) is 0. The minimum Gasteiger partial charge on any atom is -2.00 e. The van der Waals surface area contributed by atoms with Crippen LogP contribution in [0.1, 0.15) is 0 Å². The zero-order valence-electron chi connectivity index (χ0n) is 2.71. The Morgan fingerprint density at radius 1 is 0.571 bits per heavy atom. The van der Waals surface area contributed by atoms with Crippen LogP contribution in [-0.4, -0.2) is 0 Å². The van der Waals surface area contributed by atoms with E-state index >= 15 is 0 Å². The molecule has 0 fully saturated rings. The van der Waals surface area contributed by atoms with Gasteiger partial charge in [0.15, 0.2) is 0 Å². The summed E-state index contributed by atoms with van der Waals surface area (Å²) in [5.74, 6) is 0. The van der Waals surface area contributed by atoms with Crippen molar-refractivity contribution in [3.8, 4) is 0 Å². The third-order valence-electron chi connectivity index (χ3n) is 0. The molecule has 0 bridgehead atoms.